The minimum Gasteiger partial charge on any atom is -0.353 e. The molecule has 0 saturated carbocycles. The van der Waals surface area contributed by atoms with Crippen molar-refractivity contribution in [2.75, 3.05) is 18.4 Å². The van der Waals surface area contributed by atoms with Gasteiger partial charge < -0.3 is 5.32 Å². The summed E-state index contributed by atoms with van der Waals surface area (Å²) < 4.78 is 0. The molecule has 1 aliphatic rings. The van der Waals surface area contributed by atoms with Crippen molar-refractivity contribution in [1.29, 1.82) is 0 Å². The molecular formula is C29H34N6. The molecule has 0 amide bonds. The van der Waals surface area contributed by atoms with Gasteiger partial charge in [0.2, 0.25) is 0 Å². The summed E-state index contributed by atoms with van der Waals surface area (Å²) in [5.74, 6) is 0.585. The molecule has 5 rings (SSSR count). The molecule has 180 valence electrons. The summed E-state index contributed by atoms with van der Waals surface area (Å²) in [7, 11) is 0. The lowest BCUT2D eigenvalue weighted by molar-refractivity contribution is 0.220. The average Bonchev–Trinajstić information content (AvgIpc) is 3.29. The van der Waals surface area contributed by atoms with E-state index in [9.17, 15) is 0 Å². The number of likely N-dealkylation sites (tertiary alicyclic amines) is 1. The van der Waals surface area contributed by atoms with Crippen molar-refractivity contribution in [2.24, 2.45) is 5.92 Å². The van der Waals surface area contributed by atoms with Gasteiger partial charge in [-0.15, -0.1) is 0 Å². The van der Waals surface area contributed by atoms with Crippen molar-refractivity contribution in [3.05, 3.63) is 78.5 Å². The van der Waals surface area contributed by atoms with E-state index in [0.29, 0.717) is 5.92 Å². The topological polar surface area (TPSA) is 69.7 Å². The number of pyridine rings is 2. The number of hydrogen-bond acceptors (Lipinski definition) is 5. The van der Waals surface area contributed by atoms with Crippen LogP contribution in [0.1, 0.15) is 50.1 Å². The molecular weight excluding hydrogens is 432 g/mol. The molecule has 35 heavy (non-hydrogen) atoms. The molecule has 1 fully saturated rings. The van der Waals surface area contributed by atoms with Crippen LogP contribution in [-0.4, -0.2) is 38.2 Å². The Labute approximate surface area is 207 Å². The Morgan fingerprint density at radius 1 is 1.03 bits per heavy atom. The van der Waals surface area contributed by atoms with Crippen LogP contribution in [0.15, 0.2) is 61.6 Å². The summed E-state index contributed by atoms with van der Waals surface area (Å²) >= 11 is 0. The standard InChI is InChI=1S/C29H34N6/c1-20(2)13-25-8-9-26(18-31-25)32-21(3)29-27-15-23(7-10-28(27)33-34-29)24-14-22(16-30-17-24)19-35-11-5-4-6-12-35/h7-10,14-18,20,32H,3-6,11-13,19H2,1-2H3,(H,33,34). The van der Waals surface area contributed by atoms with E-state index in [1.165, 1.54) is 37.9 Å². The van der Waals surface area contributed by atoms with Crippen molar-refractivity contribution in [3.63, 3.8) is 0 Å². The first kappa shape index (κ1) is 23.2. The Kier molecular flexibility index (Phi) is 6.91. The van der Waals surface area contributed by atoms with Gasteiger partial charge in [0, 0.05) is 35.6 Å². The first-order valence-electron chi connectivity index (χ1n) is 12.6. The van der Waals surface area contributed by atoms with Gasteiger partial charge in [-0.1, -0.05) is 32.9 Å². The van der Waals surface area contributed by atoms with Gasteiger partial charge in [-0.25, -0.2) is 0 Å². The Balaban J connectivity index is 1.35. The highest BCUT2D eigenvalue weighted by atomic mass is 15.1. The van der Waals surface area contributed by atoms with Crippen LogP contribution in [0.2, 0.25) is 0 Å². The molecule has 3 aromatic heterocycles. The van der Waals surface area contributed by atoms with Crippen molar-refractivity contribution >= 4 is 22.3 Å². The lowest BCUT2D eigenvalue weighted by atomic mass is 10.0. The number of rotatable bonds is 8. The van der Waals surface area contributed by atoms with Crippen LogP contribution in [0.25, 0.3) is 27.7 Å². The van der Waals surface area contributed by atoms with Crippen LogP contribution >= 0.6 is 0 Å². The van der Waals surface area contributed by atoms with E-state index in [1.54, 1.807) is 0 Å². The molecule has 0 radical (unpaired) electrons. The summed E-state index contributed by atoms with van der Waals surface area (Å²) in [5, 5.41) is 12.1. The van der Waals surface area contributed by atoms with Gasteiger partial charge in [0.25, 0.3) is 0 Å². The van der Waals surface area contributed by atoms with Crippen LogP contribution < -0.4 is 5.32 Å². The molecule has 4 heterocycles. The number of H-pyrrole nitrogens is 1. The maximum atomic E-state index is 4.58. The van der Waals surface area contributed by atoms with E-state index in [2.05, 4.69) is 87.2 Å². The number of hydrogen-bond donors (Lipinski definition) is 2. The third-order valence-electron chi connectivity index (χ3n) is 6.57. The smallest absolute Gasteiger partial charge is 0.116 e. The highest BCUT2D eigenvalue weighted by molar-refractivity contribution is 5.95. The first-order chi connectivity index (χ1) is 17.0. The van der Waals surface area contributed by atoms with Gasteiger partial charge in [-0.3, -0.25) is 20.0 Å². The minimum absolute atomic E-state index is 0.585. The normalized spacial score (nSPS) is 14.5. The summed E-state index contributed by atoms with van der Waals surface area (Å²) in [6.07, 6.45) is 10.7. The number of nitrogens with one attached hydrogen (secondary N) is 2. The number of piperidine rings is 1. The van der Waals surface area contributed by atoms with E-state index in [4.69, 9.17) is 0 Å². The number of aromatic nitrogens is 4. The van der Waals surface area contributed by atoms with Crippen LogP contribution in [-0.2, 0) is 13.0 Å². The Bertz CT molecular complexity index is 1300. The predicted molar refractivity (Wildman–Crippen MR) is 144 cm³/mol. The van der Waals surface area contributed by atoms with Gasteiger partial charge in [0.1, 0.15) is 5.69 Å². The molecule has 4 aromatic rings. The van der Waals surface area contributed by atoms with Gasteiger partial charge in [-0.05, 0) is 79.7 Å². The van der Waals surface area contributed by atoms with Crippen LogP contribution in [0.4, 0.5) is 5.69 Å². The molecule has 1 aromatic carbocycles. The van der Waals surface area contributed by atoms with E-state index < -0.39 is 0 Å². The fourth-order valence-corrected chi connectivity index (χ4v) is 4.80. The van der Waals surface area contributed by atoms with E-state index in [-0.39, 0.29) is 0 Å². The quantitative estimate of drug-likeness (QED) is 0.319. The molecule has 2 N–H and O–H groups in total. The minimum atomic E-state index is 0.585. The van der Waals surface area contributed by atoms with Crippen molar-refractivity contribution < 1.29 is 0 Å². The maximum absolute atomic E-state index is 4.58. The summed E-state index contributed by atoms with van der Waals surface area (Å²) in [6, 6.07) is 12.8. The third kappa shape index (κ3) is 5.60. The summed E-state index contributed by atoms with van der Waals surface area (Å²) in [4.78, 5) is 11.7. The van der Waals surface area contributed by atoms with E-state index in [1.807, 2.05) is 18.6 Å². The number of nitrogens with zero attached hydrogens (tertiary/aromatic N) is 4. The second kappa shape index (κ2) is 10.4. The largest absolute Gasteiger partial charge is 0.353 e. The van der Waals surface area contributed by atoms with Crippen LogP contribution in [0.5, 0.6) is 0 Å². The molecule has 6 heteroatoms. The van der Waals surface area contributed by atoms with Gasteiger partial charge in [0.05, 0.1) is 23.1 Å². The molecule has 0 unspecified atom stereocenters. The number of anilines is 1. The van der Waals surface area contributed by atoms with Gasteiger partial charge in [0.15, 0.2) is 0 Å². The highest BCUT2D eigenvalue weighted by Gasteiger charge is 2.14. The zero-order chi connectivity index (χ0) is 24.2. The first-order valence-corrected chi connectivity index (χ1v) is 12.6. The highest BCUT2D eigenvalue weighted by Crippen LogP contribution is 2.29. The molecule has 0 bridgehead atoms. The van der Waals surface area contributed by atoms with E-state index in [0.717, 1.165) is 57.8 Å². The number of benzene rings is 1. The van der Waals surface area contributed by atoms with E-state index >= 15 is 0 Å². The van der Waals surface area contributed by atoms with Crippen molar-refractivity contribution in [1.82, 2.24) is 25.1 Å². The number of fused-ring (bicyclic) bond motifs is 1. The predicted octanol–water partition coefficient (Wildman–Crippen LogP) is 6.29. The maximum Gasteiger partial charge on any atom is 0.116 e. The number of aromatic amines is 1. The second-order valence-electron chi connectivity index (χ2n) is 9.99. The van der Waals surface area contributed by atoms with Gasteiger partial charge in [-0.2, -0.15) is 5.10 Å². The molecule has 1 aliphatic heterocycles. The van der Waals surface area contributed by atoms with Crippen molar-refractivity contribution in [2.45, 2.75) is 46.1 Å². The monoisotopic (exact) mass is 466 g/mol. The SMILES string of the molecule is C=C(Nc1ccc(CC(C)C)nc1)c1n[nH]c2ccc(-c3cncc(CN4CCCCC4)c3)cc12. The second-order valence-corrected chi connectivity index (χ2v) is 9.99. The molecule has 1 saturated heterocycles. The van der Waals surface area contributed by atoms with Crippen LogP contribution in [0, 0.1) is 5.92 Å². The van der Waals surface area contributed by atoms with Crippen LogP contribution in [0.3, 0.4) is 0 Å². The zero-order valence-electron chi connectivity index (χ0n) is 20.7. The Morgan fingerprint density at radius 2 is 1.89 bits per heavy atom. The fourth-order valence-electron chi connectivity index (χ4n) is 4.80. The fraction of sp³-hybridized carbons (Fsp3) is 0.345. The lowest BCUT2D eigenvalue weighted by Gasteiger charge is -2.26. The van der Waals surface area contributed by atoms with Crippen molar-refractivity contribution in [3.8, 4) is 11.1 Å². The Hall–Kier alpha value is -3.51. The molecule has 0 aliphatic carbocycles. The third-order valence-corrected chi connectivity index (χ3v) is 6.57. The molecule has 0 spiro atoms. The molecule has 6 nitrogen and oxygen atoms in total. The zero-order valence-corrected chi connectivity index (χ0v) is 20.7. The van der Waals surface area contributed by atoms with Gasteiger partial charge >= 0.3 is 0 Å². The average molecular weight is 467 g/mol. The summed E-state index contributed by atoms with van der Waals surface area (Å²) in [6.45, 7) is 12.0. The molecule has 0 atom stereocenters. The summed E-state index contributed by atoms with van der Waals surface area (Å²) in [5.41, 5.74) is 8.05. The lowest BCUT2D eigenvalue weighted by Crippen LogP contribution is -2.29. The Morgan fingerprint density at radius 3 is 2.66 bits per heavy atom.